The van der Waals surface area contributed by atoms with Gasteiger partial charge in [0.1, 0.15) is 6.04 Å². The van der Waals surface area contributed by atoms with Crippen molar-refractivity contribution < 1.29 is 14.3 Å². The van der Waals surface area contributed by atoms with Crippen LogP contribution in [0.25, 0.3) is 0 Å². The van der Waals surface area contributed by atoms with Gasteiger partial charge in [-0.05, 0) is 38.8 Å². The van der Waals surface area contributed by atoms with Crippen molar-refractivity contribution in [3.8, 4) is 11.5 Å². The molecule has 1 aliphatic rings. The zero-order valence-corrected chi connectivity index (χ0v) is 17.4. The molecule has 1 unspecified atom stereocenters. The molecule has 2 N–H and O–H groups in total. The number of rotatable bonds is 8. The van der Waals surface area contributed by atoms with Crippen LogP contribution in [0.5, 0.6) is 11.5 Å². The van der Waals surface area contributed by atoms with Crippen LogP contribution >= 0.6 is 12.4 Å². The maximum atomic E-state index is 12.7. The molecule has 1 atom stereocenters. The zero-order valence-electron chi connectivity index (χ0n) is 16.6. The minimum atomic E-state index is -0.455. The van der Waals surface area contributed by atoms with Gasteiger partial charge in [-0.3, -0.25) is 9.48 Å². The van der Waals surface area contributed by atoms with Gasteiger partial charge in [0.2, 0.25) is 5.91 Å². The molecule has 154 valence electrons. The molecule has 1 aliphatic carbocycles. The number of carbonyl (C=O) groups is 1. The number of methoxy groups -OCH3 is 1. The largest absolute Gasteiger partial charge is 0.493 e. The summed E-state index contributed by atoms with van der Waals surface area (Å²) < 4.78 is 13.4. The van der Waals surface area contributed by atoms with Crippen molar-refractivity contribution in [2.75, 3.05) is 14.2 Å². The van der Waals surface area contributed by atoms with Crippen LogP contribution in [-0.2, 0) is 18.4 Å². The number of aromatic nitrogens is 2. The number of likely N-dealkylation sites (N-methyl/N-ethyl adjacent to an activating group) is 1. The van der Waals surface area contributed by atoms with Crippen molar-refractivity contribution in [3.05, 3.63) is 41.7 Å². The van der Waals surface area contributed by atoms with Crippen LogP contribution in [0.15, 0.2) is 30.6 Å². The number of amides is 1. The summed E-state index contributed by atoms with van der Waals surface area (Å²) in [5, 5.41) is 10.2. The average Bonchev–Trinajstić information content (AvgIpc) is 3.33. The maximum absolute atomic E-state index is 12.7. The molecule has 0 saturated heterocycles. The number of carbonyl (C=O) groups excluding carboxylic acids is 1. The van der Waals surface area contributed by atoms with Gasteiger partial charge in [0.25, 0.3) is 0 Å². The second-order valence-corrected chi connectivity index (χ2v) is 6.86. The van der Waals surface area contributed by atoms with Gasteiger partial charge in [-0.2, -0.15) is 5.10 Å². The maximum Gasteiger partial charge on any atom is 0.242 e. The summed E-state index contributed by atoms with van der Waals surface area (Å²) >= 11 is 0. The molecule has 0 aliphatic heterocycles. The molecule has 0 spiro atoms. The van der Waals surface area contributed by atoms with Crippen LogP contribution in [-0.4, -0.2) is 35.9 Å². The molecule has 1 fully saturated rings. The number of ether oxygens (including phenoxy) is 2. The van der Waals surface area contributed by atoms with Crippen LogP contribution in [0, 0.1) is 0 Å². The van der Waals surface area contributed by atoms with Gasteiger partial charge in [0, 0.05) is 30.9 Å². The molecule has 2 aromatic rings. The van der Waals surface area contributed by atoms with E-state index in [0.29, 0.717) is 12.3 Å². The van der Waals surface area contributed by atoms with Gasteiger partial charge in [0.15, 0.2) is 11.5 Å². The van der Waals surface area contributed by atoms with E-state index in [2.05, 4.69) is 15.7 Å². The topological polar surface area (TPSA) is 77.4 Å². The molecule has 0 radical (unpaired) electrons. The lowest BCUT2D eigenvalue weighted by Crippen LogP contribution is -2.35. The van der Waals surface area contributed by atoms with Crippen molar-refractivity contribution in [2.45, 2.75) is 44.4 Å². The van der Waals surface area contributed by atoms with E-state index in [1.165, 1.54) is 12.8 Å². The van der Waals surface area contributed by atoms with Gasteiger partial charge in [-0.25, -0.2) is 0 Å². The third-order valence-corrected chi connectivity index (χ3v) is 4.93. The summed E-state index contributed by atoms with van der Waals surface area (Å²) in [6.45, 7) is 0.372. The van der Waals surface area contributed by atoms with Crippen molar-refractivity contribution in [2.24, 2.45) is 7.05 Å². The van der Waals surface area contributed by atoms with Crippen molar-refractivity contribution in [1.29, 1.82) is 0 Å². The van der Waals surface area contributed by atoms with Gasteiger partial charge < -0.3 is 20.1 Å². The van der Waals surface area contributed by atoms with Crippen molar-refractivity contribution >= 4 is 18.3 Å². The van der Waals surface area contributed by atoms with E-state index in [0.717, 1.165) is 29.7 Å². The lowest BCUT2D eigenvalue weighted by atomic mass is 10.1. The lowest BCUT2D eigenvalue weighted by Gasteiger charge is -2.20. The number of nitrogens with zero attached hydrogens (tertiary/aromatic N) is 2. The van der Waals surface area contributed by atoms with E-state index >= 15 is 0 Å². The Bertz CT molecular complexity index is 775. The Hall–Kier alpha value is -2.25. The van der Waals surface area contributed by atoms with Crippen LogP contribution in [0.3, 0.4) is 0 Å². The molecule has 7 nitrogen and oxygen atoms in total. The van der Waals surface area contributed by atoms with Crippen LogP contribution in [0.4, 0.5) is 0 Å². The van der Waals surface area contributed by atoms with Gasteiger partial charge >= 0.3 is 0 Å². The molecule has 0 bridgehead atoms. The fourth-order valence-electron chi connectivity index (χ4n) is 3.49. The first-order chi connectivity index (χ1) is 13.1. The van der Waals surface area contributed by atoms with E-state index < -0.39 is 6.04 Å². The van der Waals surface area contributed by atoms with Crippen molar-refractivity contribution in [3.63, 3.8) is 0 Å². The summed E-state index contributed by atoms with van der Waals surface area (Å²) in [7, 11) is 5.23. The summed E-state index contributed by atoms with van der Waals surface area (Å²) in [4.78, 5) is 12.7. The standard InChI is InChI=1S/C20H28N4O3.ClH/c1-21-18(15-12-23-24(2)13-15)20(25)22-11-14-7-6-10-17(26-3)19(14)27-16-8-4-5-9-16;/h6-7,10,12-13,16,18,21H,4-5,8-9,11H2,1-3H3,(H,22,25);1H. The quantitative estimate of drug-likeness (QED) is 0.702. The van der Waals surface area contributed by atoms with E-state index in [-0.39, 0.29) is 24.4 Å². The third kappa shape index (κ3) is 5.17. The normalized spacial score (nSPS) is 15.0. The number of nitrogens with one attached hydrogen (secondary N) is 2. The summed E-state index contributed by atoms with van der Waals surface area (Å²) in [5.41, 5.74) is 1.74. The molecular weight excluding hydrogens is 380 g/mol. The molecule has 3 rings (SSSR count). The molecule has 8 heteroatoms. The second-order valence-electron chi connectivity index (χ2n) is 6.86. The Morgan fingerprint density at radius 2 is 2.11 bits per heavy atom. The van der Waals surface area contributed by atoms with Crippen molar-refractivity contribution in [1.82, 2.24) is 20.4 Å². The Morgan fingerprint density at radius 3 is 2.71 bits per heavy atom. The van der Waals surface area contributed by atoms with E-state index in [1.807, 2.05) is 31.4 Å². The summed E-state index contributed by atoms with van der Waals surface area (Å²) in [6, 6.07) is 5.31. The highest BCUT2D eigenvalue weighted by Crippen LogP contribution is 2.34. The van der Waals surface area contributed by atoms with E-state index in [4.69, 9.17) is 9.47 Å². The molecule has 1 amide bonds. The first-order valence-corrected chi connectivity index (χ1v) is 9.38. The minimum Gasteiger partial charge on any atom is -0.493 e. The predicted molar refractivity (Wildman–Crippen MR) is 110 cm³/mol. The third-order valence-electron chi connectivity index (χ3n) is 4.93. The predicted octanol–water partition coefficient (Wildman–Crippen LogP) is 2.75. The second kappa shape index (κ2) is 10.3. The lowest BCUT2D eigenvalue weighted by molar-refractivity contribution is -0.123. The number of benzene rings is 1. The molecule has 28 heavy (non-hydrogen) atoms. The number of hydrogen-bond acceptors (Lipinski definition) is 5. The number of hydrogen-bond donors (Lipinski definition) is 2. The highest BCUT2D eigenvalue weighted by molar-refractivity contribution is 5.85. The number of para-hydroxylation sites is 1. The summed E-state index contributed by atoms with van der Waals surface area (Å²) in [5.74, 6) is 1.32. The molecule has 1 aromatic carbocycles. The highest BCUT2D eigenvalue weighted by Gasteiger charge is 2.23. The molecule has 1 saturated carbocycles. The monoisotopic (exact) mass is 408 g/mol. The Morgan fingerprint density at radius 1 is 1.36 bits per heavy atom. The van der Waals surface area contributed by atoms with Crippen LogP contribution < -0.4 is 20.1 Å². The number of aryl methyl sites for hydroxylation is 1. The van der Waals surface area contributed by atoms with Crippen LogP contribution in [0.1, 0.15) is 42.9 Å². The molecular formula is C20H29ClN4O3. The highest BCUT2D eigenvalue weighted by atomic mass is 35.5. The fourth-order valence-corrected chi connectivity index (χ4v) is 3.49. The molecule has 1 heterocycles. The zero-order chi connectivity index (χ0) is 19.2. The van der Waals surface area contributed by atoms with Gasteiger partial charge in [-0.15, -0.1) is 12.4 Å². The van der Waals surface area contributed by atoms with Crippen LogP contribution in [0.2, 0.25) is 0 Å². The van der Waals surface area contributed by atoms with E-state index in [1.54, 1.807) is 25.0 Å². The Kier molecular flexibility index (Phi) is 8.14. The van der Waals surface area contributed by atoms with Gasteiger partial charge in [0.05, 0.1) is 19.4 Å². The average molecular weight is 409 g/mol. The first-order valence-electron chi connectivity index (χ1n) is 9.38. The Labute approximate surface area is 172 Å². The molecule has 1 aromatic heterocycles. The Balaban J connectivity index is 0.00000280. The van der Waals surface area contributed by atoms with Gasteiger partial charge in [-0.1, -0.05) is 12.1 Å². The smallest absolute Gasteiger partial charge is 0.242 e. The van der Waals surface area contributed by atoms with E-state index in [9.17, 15) is 4.79 Å². The minimum absolute atomic E-state index is 0. The number of halogens is 1. The SMILES string of the molecule is CNC(C(=O)NCc1cccc(OC)c1OC1CCCC1)c1cnn(C)c1.Cl. The summed E-state index contributed by atoms with van der Waals surface area (Å²) in [6.07, 6.45) is 8.26. The fraction of sp³-hybridized carbons (Fsp3) is 0.500. The first kappa shape index (κ1) is 22.0.